The summed E-state index contributed by atoms with van der Waals surface area (Å²) in [5.41, 5.74) is 0.0433. The van der Waals surface area contributed by atoms with Gasteiger partial charge in [0.1, 0.15) is 0 Å². The van der Waals surface area contributed by atoms with Crippen LogP contribution in [0.3, 0.4) is 0 Å². The number of hydrogen-bond donors (Lipinski definition) is 2. The van der Waals surface area contributed by atoms with Gasteiger partial charge in [-0.25, -0.2) is 4.98 Å². The summed E-state index contributed by atoms with van der Waals surface area (Å²) in [5.74, 6) is -2.46. The number of thiazole rings is 1. The first-order valence-corrected chi connectivity index (χ1v) is 9.69. The number of aliphatic hydroxyl groups excluding tert-OH is 1. The van der Waals surface area contributed by atoms with Crippen LogP contribution in [0.2, 0.25) is 0 Å². The molecule has 1 amide bonds. The molecular formula is C19H19N3O6S. The average Bonchev–Trinajstić information content (AvgIpc) is 3.12. The number of aromatic nitrogens is 1. The van der Waals surface area contributed by atoms with Crippen LogP contribution in [0.5, 0.6) is 5.75 Å². The van der Waals surface area contributed by atoms with E-state index < -0.39 is 39.9 Å². The second-order valence-electron chi connectivity index (χ2n) is 6.65. The standard InChI is InChI=1S/C19H19N3O6S/c1-4-7-21-15(11-5-6-13(23)12(8-11)22(27)28)14(17(25)19(21)26)16(24)18-9(2)20-10(3)29-18/h5-6,8,15,23,25H,4,7H2,1-3H3. The molecule has 9 nitrogen and oxygen atoms in total. The number of aliphatic hydroxyl groups is 1. The molecule has 1 aromatic heterocycles. The largest absolute Gasteiger partial charge is 0.503 e. The van der Waals surface area contributed by atoms with E-state index in [-0.39, 0.29) is 17.7 Å². The lowest BCUT2D eigenvalue weighted by molar-refractivity contribution is -0.385. The number of nitro groups is 1. The Balaban J connectivity index is 2.18. The van der Waals surface area contributed by atoms with E-state index in [1.807, 2.05) is 6.92 Å². The maximum atomic E-state index is 13.2. The Morgan fingerprint density at radius 3 is 2.59 bits per heavy atom. The highest BCUT2D eigenvalue weighted by Gasteiger charge is 2.44. The third kappa shape index (κ3) is 3.46. The zero-order valence-corrected chi connectivity index (χ0v) is 16.8. The van der Waals surface area contributed by atoms with Crippen LogP contribution < -0.4 is 0 Å². The van der Waals surface area contributed by atoms with Crippen molar-refractivity contribution in [2.24, 2.45) is 0 Å². The summed E-state index contributed by atoms with van der Waals surface area (Å²) in [6, 6.07) is 2.66. The van der Waals surface area contributed by atoms with E-state index in [1.165, 1.54) is 11.0 Å². The minimum absolute atomic E-state index is 0.143. The summed E-state index contributed by atoms with van der Waals surface area (Å²) < 4.78 is 0. The molecule has 10 heteroatoms. The van der Waals surface area contributed by atoms with Crippen LogP contribution in [0.25, 0.3) is 0 Å². The summed E-state index contributed by atoms with van der Waals surface area (Å²) in [6.07, 6.45) is 0.551. The number of ketones is 1. The van der Waals surface area contributed by atoms with Gasteiger partial charge < -0.3 is 15.1 Å². The van der Waals surface area contributed by atoms with Crippen LogP contribution in [0.4, 0.5) is 5.69 Å². The van der Waals surface area contributed by atoms with Crippen LogP contribution in [0, 0.1) is 24.0 Å². The third-order valence-corrected chi connectivity index (χ3v) is 5.71. The Bertz CT molecular complexity index is 1060. The molecule has 29 heavy (non-hydrogen) atoms. The number of rotatable bonds is 6. The predicted octanol–water partition coefficient (Wildman–Crippen LogP) is 3.36. The molecule has 1 aliphatic rings. The summed E-state index contributed by atoms with van der Waals surface area (Å²) in [5, 5.41) is 32.2. The Labute approximate surface area is 170 Å². The molecule has 0 bridgehead atoms. The molecule has 2 aromatic rings. The quantitative estimate of drug-likeness (QED) is 0.418. The molecule has 1 aliphatic heterocycles. The van der Waals surface area contributed by atoms with Crippen LogP contribution in [0.15, 0.2) is 29.5 Å². The minimum Gasteiger partial charge on any atom is -0.503 e. The van der Waals surface area contributed by atoms with Gasteiger partial charge in [0.2, 0.25) is 5.78 Å². The Hall–Kier alpha value is -3.27. The van der Waals surface area contributed by atoms with Crippen molar-refractivity contribution in [2.75, 3.05) is 6.54 Å². The lowest BCUT2D eigenvalue weighted by atomic mass is 9.94. The molecular weight excluding hydrogens is 398 g/mol. The number of amides is 1. The van der Waals surface area contributed by atoms with E-state index in [0.717, 1.165) is 23.5 Å². The van der Waals surface area contributed by atoms with Crippen molar-refractivity contribution >= 4 is 28.7 Å². The molecule has 0 aliphatic carbocycles. The van der Waals surface area contributed by atoms with E-state index in [2.05, 4.69) is 4.98 Å². The van der Waals surface area contributed by atoms with Gasteiger partial charge in [-0.2, -0.15) is 0 Å². The number of phenolic OH excluding ortho intramolecular Hbond substituents is 1. The monoisotopic (exact) mass is 417 g/mol. The van der Waals surface area contributed by atoms with Gasteiger partial charge in [-0.05, 0) is 31.9 Å². The van der Waals surface area contributed by atoms with Crippen molar-refractivity contribution < 1.29 is 24.7 Å². The molecule has 152 valence electrons. The zero-order chi connectivity index (χ0) is 21.5. The molecule has 1 atom stereocenters. The number of benzene rings is 1. The SMILES string of the molecule is CCCN1C(=O)C(O)=C(C(=O)c2sc(C)nc2C)C1c1ccc(O)c([N+](=O)[O-])c1. The lowest BCUT2D eigenvalue weighted by Crippen LogP contribution is -2.31. The fourth-order valence-electron chi connectivity index (χ4n) is 3.42. The summed E-state index contributed by atoms with van der Waals surface area (Å²) in [4.78, 5) is 42.2. The van der Waals surface area contributed by atoms with E-state index in [1.54, 1.807) is 13.8 Å². The molecule has 1 unspecified atom stereocenters. The van der Waals surface area contributed by atoms with Crippen LogP contribution in [-0.2, 0) is 4.79 Å². The first-order chi connectivity index (χ1) is 13.7. The average molecular weight is 417 g/mol. The molecule has 0 radical (unpaired) electrons. The third-order valence-electron chi connectivity index (χ3n) is 4.63. The first kappa shape index (κ1) is 20.5. The van der Waals surface area contributed by atoms with Crippen LogP contribution >= 0.6 is 11.3 Å². The van der Waals surface area contributed by atoms with Gasteiger partial charge >= 0.3 is 5.69 Å². The van der Waals surface area contributed by atoms with Crippen molar-refractivity contribution in [3.8, 4) is 5.75 Å². The van der Waals surface area contributed by atoms with E-state index in [9.17, 15) is 29.9 Å². The Morgan fingerprint density at radius 2 is 2.03 bits per heavy atom. The second-order valence-corrected chi connectivity index (χ2v) is 7.85. The molecule has 0 fully saturated rings. The molecule has 3 rings (SSSR count). The van der Waals surface area contributed by atoms with Crippen molar-refractivity contribution in [3.63, 3.8) is 0 Å². The minimum atomic E-state index is -1.00. The smallest absolute Gasteiger partial charge is 0.311 e. The maximum Gasteiger partial charge on any atom is 0.311 e. The molecule has 0 saturated heterocycles. The highest BCUT2D eigenvalue weighted by molar-refractivity contribution is 7.14. The van der Waals surface area contributed by atoms with Crippen molar-refractivity contribution in [1.29, 1.82) is 0 Å². The molecule has 0 saturated carbocycles. The molecule has 2 N–H and O–H groups in total. The fraction of sp³-hybridized carbons (Fsp3) is 0.316. The first-order valence-electron chi connectivity index (χ1n) is 8.87. The Kier molecular flexibility index (Phi) is 5.38. The van der Waals surface area contributed by atoms with Crippen molar-refractivity contribution in [1.82, 2.24) is 9.88 Å². The number of nitrogens with zero attached hydrogens (tertiary/aromatic N) is 3. The molecule has 1 aromatic carbocycles. The van der Waals surface area contributed by atoms with Gasteiger partial charge in [0.05, 0.1) is 32.1 Å². The topological polar surface area (TPSA) is 134 Å². The molecule has 0 spiro atoms. The van der Waals surface area contributed by atoms with Gasteiger partial charge in [0.15, 0.2) is 11.5 Å². The highest BCUT2D eigenvalue weighted by Crippen LogP contribution is 2.42. The number of nitro benzene ring substituents is 1. The second kappa shape index (κ2) is 7.63. The van der Waals surface area contributed by atoms with Crippen molar-refractivity contribution in [3.05, 3.63) is 60.8 Å². The van der Waals surface area contributed by atoms with Crippen LogP contribution in [0.1, 0.15) is 45.3 Å². The lowest BCUT2D eigenvalue weighted by Gasteiger charge is -2.26. The number of phenols is 1. The number of aryl methyl sites for hydroxylation is 2. The number of carbonyl (C=O) groups is 2. The predicted molar refractivity (Wildman–Crippen MR) is 105 cm³/mol. The Morgan fingerprint density at radius 1 is 1.34 bits per heavy atom. The maximum absolute atomic E-state index is 13.2. The number of aromatic hydroxyl groups is 1. The van der Waals surface area contributed by atoms with Crippen LogP contribution in [-0.4, -0.2) is 43.3 Å². The summed E-state index contributed by atoms with van der Waals surface area (Å²) >= 11 is 1.15. The van der Waals surface area contributed by atoms with Gasteiger partial charge in [0, 0.05) is 12.6 Å². The zero-order valence-electron chi connectivity index (χ0n) is 16.0. The van der Waals surface area contributed by atoms with Crippen molar-refractivity contribution in [2.45, 2.75) is 33.2 Å². The van der Waals surface area contributed by atoms with Gasteiger partial charge in [-0.15, -0.1) is 11.3 Å². The summed E-state index contributed by atoms with van der Waals surface area (Å²) in [6.45, 7) is 5.47. The van der Waals surface area contributed by atoms with E-state index >= 15 is 0 Å². The van der Waals surface area contributed by atoms with E-state index in [4.69, 9.17) is 0 Å². The number of carbonyl (C=O) groups excluding carboxylic acids is 2. The van der Waals surface area contributed by atoms with Gasteiger partial charge in [-0.3, -0.25) is 19.7 Å². The van der Waals surface area contributed by atoms with Gasteiger partial charge in [0.25, 0.3) is 5.91 Å². The summed E-state index contributed by atoms with van der Waals surface area (Å²) in [7, 11) is 0. The number of Topliss-reactive ketones (excluding diaryl/α,β-unsaturated/α-hetero) is 1. The fourth-order valence-corrected chi connectivity index (χ4v) is 4.30. The van der Waals surface area contributed by atoms with E-state index in [0.29, 0.717) is 22.0 Å². The molecule has 2 heterocycles. The highest BCUT2D eigenvalue weighted by atomic mass is 32.1. The normalized spacial score (nSPS) is 16.6. The van der Waals surface area contributed by atoms with Gasteiger partial charge in [-0.1, -0.05) is 13.0 Å². The number of hydrogen-bond acceptors (Lipinski definition) is 8.